The van der Waals surface area contributed by atoms with Gasteiger partial charge in [-0.2, -0.15) is 0 Å². The maximum atomic E-state index is 5.64. The molecule has 1 aromatic carbocycles. The first kappa shape index (κ1) is 10.8. The Morgan fingerprint density at radius 2 is 1.88 bits per heavy atom. The number of rotatable bonds is 3. The molecule has 0 spiro atoms. The number of hydrogen-bond acceptors (Lipinski definition) is 4. The van der Waals surface area contributed by atoms with Gasteiger partial charge in [0.1, 0.15) is 5.82 Å². The summed E-state index contributed by atoms with van der Waals surface area (Å²) in [5.74, 6) is 0.875. The van der Waals surface area contributed by atoms with Gasteiger partial charge >= 0.3 is 0 Å². The molecule has 1 aromatic heterocycles. The van der Waals surface area contributed by atoms with Crippen LogP contribution in [0.3, 0.4) is 0 Å². The van der Waals surface area contributed by atoms with Crippen molar-refractivity contribution in [3.05, 3.63) is 42.6 Å². The van der Waals surface area contributed by atoms with Crippen molar-refractivity contribution in [1.29, 1.82) is 0 Å². The SMILES string of the molecule is CNc1cc(Sc2ccc(N)cc2)ccn1. The second-order valence-corrected chi connectivity index (χ2v) is 4.44. The largest absolute Gasteiger partial charge is 0.399 e. The number of benzene rings is 1. The molecule has 82 valence electrons. The monoisotopic (exact) mass is 231 g/mol. The summed E-state index contributed by atoms with van der Waals surface area (Å²) in [7, 11) is 1.86. The summed E-state index contributed by atoms with van der Waals surface area (Å²) >= 11 is 1.69. The summed E-state index contributed by atoms with van der Waals surface area (Å²) in [5.41, 5.74) is 6.42. The molecule has 16 heavy (non-hydrogen) atoms. The predicted octanol–water partition coefficient (Wildman–Crippen LogP) is 2.86. The average Bonchev–Trinajstić information content (AvgIpc) is 2.32. The van der Waals surface area contributed by atoms with Crippen LogP contribution < -0.4 is 11.1 Å². The molecule has 4 heteroatoms. The van der Waals surface area contributed by atoms with E-state index in [4.69, 9.17) is 5.73 Å². The minimum atomic E-state index is 0.787. The van der Waals surface area contributed by atoms with Crippen molar-refractivity contribution in [2.45, 2.75) is 9.79 Å². The Morgan fingerprint density at radius 3 is 2.56 bits per heavy atom. The van der Waals surface area contributed by atoms with Crippen LogP contribution in [0.2, 0.25) is 0 Å². The van der Waals surface area contributed by atoms with Crippen molar-refractivity contribution in [2.24, 2.45) is 0 Å². The fraction of sp³-hybridized carbons (Fsp3) is 0.0833. The topological polar surface area (TPSA) is 50.9 Å². The number of aromatic nitrogens is 1. The summed E-state index contributed by atoms with van der Waals surface area (Å²) < 4.78 is 0. The van der Waals surface area contributed by atoms with Crippen LogP contribution in [-0.2, 0) is 0 Å². The van der Waals surface area contributed by atoms with Gasteiger partial charge in [0.2, 0.25) is 0 Å². The zero-order valence-electron chi connectivity index (χ0n) is 8.97. The smallest absolute Gasteiger partial charge is 0.126 e. The van der Waals surface area contributed by atoms with Crippen LogP contribution in [0.5, 0.6) is 0 Å². The van der Waals surface area contributed by atoms with Crippen LogP contribution in [0.1, 0.15) is 0 Å². The highest BCUT2D eigenvalue weighted by Gasteiger charge is 1.98. The van der Waals surface area contributed by atoms with Gasteiger partial charge in [0.15, 0.2) is 0 Å². The Kier molecular flexibility index (Phi) is 3.31. The second kappa shape index (κ2) is 4.90. The van der Waals surface area contributed by atoms with E-state index in [1.807, 2.05) is 43.4 Å². The van der Waals surface area contributed by atoms with E-state index in [0.29, 0.717) is 0 Å². The Labute approximate surface area is 99.1 Å². The summed E-state index contributed by atoms with van der Waals surface area (Å²) in [5, 5.41) is 3.02. The van der Waals surface area contributed by atoms with Crippen LogP contribution in [0.25, 0.3) is 0 Å². The zero-order chi connectivity index (χ0) is 11.4. The molecule has 1 heterocycles. The lowest BCUT2D eigenvalue weighted by atomic mass is 10.3. The normalized spacial score (nSPS) is 10.1. The van der Waals surface area contributed by atoms with Gasteiger partial charge in [0, 0.05) is 28.7 Å². The third kappa shape index (κ3) is 2.67. The first-order valence-electron chi connectivity index (χ1n) is 4.95. The van der Waals surface area contributed by atoms with E-state index in [9.17, 15) is 0 Å². The number of nitrogens with one attached hydrogen (secondary N) is 1. The van der Waals surface area contributed by atoms with Crippen molar-refractivity contribution in [2.75, 3.05) is 18.1 Å². The van der Waals surface area contributed by atoms with Crippen molar-refractivity contribution >= 4 is 23.3 Å². The molecule has 0 radical (unpaired) electrons. The van der Waals surface area contributed by atoms with Gasteiger partial charge in [0.05, 0.1) is 0 Å². The summed E-state index contributed by atoms with van der Waals surface area (Å²) in [6.45, 7) is 0. The van der Waals surface area contributed by atoms with Gasteiger partial charge in [0.25, 0.3) is 0 Å². The molecule has 3 N–H and O–H groups in total. The average molecular weight is 231 g/mol. The molecule has 2 aromatic rings. The van der Waals surface area contributed by atoms with Crippen molar-refractivity contribution in [3.63, 3.8) is 0 Å². The van der Waals surface area contributed by atoms with Gasteiger partial charge in [-0.25, -0.2) is 4.98 Å². The van der Waals surface area contributed by atoms with Gasteiger partial charge in [-0.3, -0.25) is 0 Å². The van der Waals surface area contributed by atoms with Crippen molar-refractivity contribution < 1.29 is 0 Å². The number of nitrogens with two attached hydrogens (primary N) is 1. The highest BCUT2D eigenvalue weighted by Crippen LogP contribution is 2.28. The highest BCUT2D eigenvalue weighted by atomic mass is 32.2. The minimum Gasteiger partial charge on any atom is -0.399 e. The molecule has 0 aliphatic carbocycles. The predicted molar refractivity (Wildman–Crippen MR) is 68.8 cm³/mol. The van der Waals surface area contributed by atoms with Crippen LogP contribution in [0.15, 0.2) is 52.4 Å². The molecule has 0 bridgehead atoms. The Balaban J connectivity index is 2.16. The molecular weight excluding hydrogens is 218 g/mol. The van der Waals surface area contributed by atoms with Crippen LogP contribution >= 0.6 is 11.8 Å². The van der Waals surface area contributed by atoms with Crippen LogP contribution in [0.4, 0.5) is 11.5 Å². The molecule has 0 fully saturated rings. The standard InChI is InChI=1S/C12H13N3S/c1-14-12-8-11(6-7-15-12)16-10-4-2-9(13)3-5-10/h2-8H,13H2,1H3,(H,14,15). The maximum Gasteiger partial charge on any atom is 0.126 e. The fourth-order valence-electron chi connectivity index (χ4n) is 1.28. The lowest BCUT2D eigenvalue weighted by Crippen LogP contribution is -1.90. The van der Waals surface area contributed by atoms with Crippen LogP contribution in [-0.4, -0.2) is 12.0 Å². The molecule has 0 aliphatic rings. The molecule has 0 aliphatic heterocycles. The summed E-state index contributed by atoms with van der Waals surface area (Å²) in [6, 6.07) is 11.8. The van der Waals surface area contributed by atoms with Gasteiger partial charge in [-0.15, -0.1) is 0 Å². The number of nitrogen functional groups attached to an aromatic ring is 1. The highest BCUT2D eigenvalue weighted by molar-refractivity contribution is 7.99. The maximum absolute atomic E-state index is 5.64. The third-order valence-electron chi connectivity index (χ3n) is 2.10. The molecular formula is C12H13N3S. The van der Waals surface area contributed by atoms with Crippen molar-refractivity contribution in [1.82, 2.24) is 4.98 Å². The van der Waals surface area contributed by atoms with E-state index >= 15 is 0 Å². The van der Waals surface area contributed by atoms with E-state index in [2.05, 4.69) is 10.3 Å². The summed E-state index contributed by atoms with van der Waals surface area (Å²) in [6.07, 6.45) is 1.80. The van der Waals surface area contributed by atoms with Gasteiger partial charge < -0.3 is 11.1 Å². The number of pyridine rings is 1. The number of nitrogens with zero attached hydrogens (tertiary/aromatic N) is 1. The van der Waals surface area contributed by atoms with Gasteiger partial charge in [-0.05, 0) is 36.4 Å². The lowest BCUT2D eigenvalue weighted by molar-refractivity contribution is 1.23. The van der Waals surface area contributed by atoms with E-state index in [1.165, 1.54) is 4.90 Å². The van der Waals surface area contributed by atoms with Crippen LogP contribution in [0, 0.1) is 0 Å². The molecule has 3 nitrogen and oxygen atoms in total. The second-order valence-electron chi connectivity index (χ2n) is 3.30. The molecule has 0 atom stereocenters. The first-order chi connectivity index (χ1) is 7.78. The lowest BCUT2D eigenvalue weighted by Gasteiger charge is -2.04. The molecule has 0 saturated heterocycles. The van der Waals surface area contributed by atoms with E-state index in [-0.39, 0.29) is 0 Å². The summed E-state index contributed by atoms with van der Waals surface area (Å²) in [4.78, 5) is 6.49. The number of anilines is 2. The zero-order valence-corrected chi connectivity index (χ0v) is 9.79. The van der Waals surface area contributed by atoms with Gasteiger partial charge in [-0.1, -0.05) is 11.8 Å². The quantitative estimate of drug-likeness (QED) is 0.797. The minimum absolute atomic E-state index is 0.787. The fourth-order valence-corrected chi connectivity index (χ4v) is 2.13. The third-order valence-corrected chi connectivity index (χ3v) is 3.10. The van der Waals surface area contributed by atoms with E-state index in [1.54, 1.807) is 18.0 Å². The Bertz CT molecular complexity index is 468. The Hall–Kier alpha value is -1.68. The Morgan fingerprint density at radius 1 is 1.12 bits per heavy atom. The molecule has 0 unspecified atom stereocenters. The van der Waals surface area contributed by atoms with E-state index < -0.39 is 0 Å². The molecule has 0 saturated carbocycles. The van der Waals surface area contributed by atoms with E-state index in [0.717, 1.165) is 16.4 Å². The first-order valence-corrected chi connectivity index (χ1v) is 5.77. The van der Waals surface area contributed by atoms with Crippen molar-refractivity contribution in [3.8, 4) is 0 Å². The number of hydrogen-bond donors (Lipinski definition) is 2. The molecule has 0 amide bonds. The molecule has 2 rings (SSSR count).